The summed E-state index contributed by atoms with van der Waals surface area (Å²) >= 11 is 0. The van der Waals surface area contributed by atoms with Crippen molar-refractivity contribution in [1.82, 2.24) is 0 Å². The Bertz CT molecular complexity index is 436. The second-order valence-electron chi connectivity index (χ2n) is 4.54. The number of benzene rings is 1. The third kappa shape index (κ3) is 7.19. The van der Waals surface area contributed by atoms with E-state index in [1.165, 1.54) is 0 Å². The Labute approximate surface area is 122 Å². The van der Waals surface area contributed by atoms with Crippen LogP contribution in [0.25, 0.3) is 0 Å². The molecule has 0 aliphatic carbocycles. The second kappa shape index (κ2) is 8.09. The molecule has 1 atom stereocenters. The van der Waals surface area contributed by atoms with Crippen LogP contribution in [0, 0.1) is 0 Å². The van der Waals surface area contributed by atoms with Gasteiger partial charge in [0, 0.05) is 6.04 Å². The van der Waals surface area contributed by atoms with Crippen LogP contribution in [0.2, 0.25) is 0 Å². The average molecular weight is 307 g/mol. The lowest BCUT2D eigenvalue weighted by Gasteiger charge is -2.14. The van der Waals surface area contributed by atoms with Crippen LogP contribution in [0.4, 0.5) is 13.2 Å². The third-order valence-corrected chi connectivity index (χ3v) is 2.47. The summed E-state index contributed by atoms with van der Waals surface area (Å²) in [5.41, 5.74) is 6.71. The van der Waals surface area contributed by atoms with Gasteiger partial charge in [0.2, 0.25) is 0 Å². The summed E-state index contributed by atoms with van der Waals surface area (Å²) in [5.74, 6) is 0.874. The minimum atomic E-state index is -4.65. The van der Waals surface area contributed by atoms with E-state index in [1.54, 1.807) is 12.1 Å². The largest absolute Gasteiger partial charge is 0.522 e. The van der Waals surface area contributed by atoms with E-state index in [0.29, 0.717) is 24.5 Å². The molecule has 4 nitrogen and oxygen atoms in total. The monoisotopic (exact) mass is 307 g/mol. The Morgan fingerprint density at radius 3 is 2.43 bits per heavy atom. The van der Waals surface area contributed by atoms with Crippen molar-refractivity contribution in [2.24, 2.45) is 5.73 Å². The minimum Gasteiger partial charge on any atom is -0.490 e. The minimum absolute atomic E-state index is 0.00595. The molecule has 2 N–H and O–H groups in total. The van der Waals surface area contributed by atoms with Crippen molar-refractivity contribution in [3.05, 3.63) is 23.8 Å². The number of ether oxygens (including phenoxy) is 3. The van der Waals surface area contributed by atoms with Gasteiger partial charge in [-0.05, 0) is 38.0 Å². The van der Waals surface area contributed by atoms with Gasteiger partial charge in [-0.3, -0.25) is 4.74 Å². The highest BCUT2D eigenvalue weighted by molar-refractivity contribution is 5.43. The maximum Gasteiger partial charge on any atom is 0.522 e. The van der Waals surface area contributed by atoms with Gasteiger partial charge in [-0.25, -0.2) is 0 Å². The summed E-state index contributed by atoms with van der Waals surface area (Å²) in [6, 6.07) is 5.26. The molecule has 0 saturated carbocycles. The Morgan fingerprint density at radius 1 is 1.14 bits per heavy atom. The van der Waals surface area contributed by atoms with E-state index in [4.69, 9.17) is 15.2 Å². The van der Waals surface area contributed by atoms with E-state index in [1.807, 2.05) is 19.9 Å². The highest BCUT2D eigenvalue weighted by Gasteiger charge is 2.28. The fraction of sp³-hybridized carbons (Fsp3) is 0.571. The number of hydrogen-bond donors (Lipinski definition) is 1. The van der Waals surface area contributed by atoms with E-state index in [0.717, 1.165) is 5.56 Å². The van der Waals surface area contributed by atoms with Gasteiger partial charge in [0.15, 0.2) is 11.5 Å². The molecule has 0 aromatic heterocycles. The van der Waals surface area contributed by atoms with Gasteiger partial charge in [0.25, 0.3) is 0 Å². The molecular weight excluding hydrogens is 287 g/mol. The van der Waals surface area contributed by atoms with E-state index in [-0.39, 0.29) is 12.6 Å². The summed E-state index contributed by atoms with van der Waals surface area (Å²) in [7, 11) is 0. The quantitative estimate of drug-likeness (QED) is 0.750. The number of rotatable bonds is 8. The molecular formula is C14H20F3NO3. The van der Waals surface area contributed by atoms with Crippen molar-refractivity contribution < 1.29 is 27.4 Å². The zero-order valence-corrected chi connectivity index (χ0v) is 12.1. The summed E-state index contributed by atoms with van der Waals surface area (Å²) in [6.07, 6.45) is -3.97. The lowest BCUT2D eigenvalue weighted by atomic mass is 10.1. The predicted molar refractivity (Wildman–Crippen MR) is 72.5 cm³/mol. The molecule has 1 unspecified atom stereocenters. The van der Waals surface area contributed by atoms with Gasteiger partial charge in [-0.1, -0.05) is 6.07 Å². The maximum absolute atomic E-state index is 11.8. The second-order valence-corrected chi connectivity index (χ2v) is 4.54. The zero-order valence-electron chi connectivity index (χ0n) is 12.1. The first-order chi connectivity index (χ1) is 9.81. The Hall–Kier alpha value is -1.47. The molecule has 0 bridgehead atoms. The van der Waals surface area contributed by atoms with Gasteiger partial charge in [-0.15, -0.1) is 13.2 Å². The Balaban J connectivity index is 2.63. The van der Waals surface area contributed by atoms with E-state index in [2.05, 4.69) is 4.74 Å². The number of hydrogen-bond acceptors (Lipinski definition) is 4. The predicted octanol–water partition coefficient (Wildman–Crippen LogP) is 2.89. The summed E-state index contributed by atoms with van der Waals surface area (Å²) in [4.78, 5) is 0. The maximum atomic E-state index is 11.8. The Kier molecular flexibility index (Phi) is 6.77. The topological polar surface area (TPSA) is 53.7 Å². The van der Waals surface area contributed by atoms with Crippen LogP contribution in [0.5, 0.6) is 11.5 Å². The van der Waals surface area contributed by atoms with Gasteiger partial charge >= 0.3 is 6.36 Å². The molecule has 0 heterocycles. The number of halogens is 3. The molecule has 0 aliphatic heterocycles. The summed E-state index contributed by atoms with van der Waals surface area (Å²) in [6.45, 7) is 3.34. The number of alkyl halides is 3. The SMILES string of the molecule is CCOc1cc(CC(C)N)ccc1OCCOC(F)(F)F. The standard InChI is InChI=1S/C14H20F3NO3/c1-3-19-13-9-11(8-10(2)18)4-5-12(13)20-6-7-21-14(15,16)17/h4-5,9-10H,3,6-8,18H2,1-2H3. The first-order valence-corrected chi connectivity index (χ1v) is 6.66. The molecule has 1 rings (SSSR count). The summed E-state index contributed by atoms with van der Waals surface area (Å²) in [5, 5.41) is 0. The smallest absolute Gasteiger partial charge is 0.490 e. The van der Waals surface area contributed by atoms with Gasteiger partial charge < -0.3 is 15.2 Å². The molecule has 1 aromatic rings. The van der Waals surface area contributed by atoms with Crippen LogP contribution in [-0.2, 0) is 11.2 Å². The van der Waals surface area contributed by atoms with E-state index < -0.39 is 13.0 Å². The van der Waals surface area contributed by atoms with E-state index in [9.17, 15) is 13.2 Å². The molecule has 0 fully saturated rings. The molecule has 0 amide bonds. The highest BCUT2D eigenvalue weighted by Crippen LogP contribution is 2.29. The molecule has 21 heavy (non-hydrogen) atoms. The average Bonchev–Trinajstić information content (AvgIpc) is 2.35. The molecule has 0 spiro atoms. The molecule has 1 aromatic carbocycles. The third-order valence-electron chi connectivity index (χ3n) is 2.47. The lowest BCUT2D eigenvalue weighted by Crippen LogP contribution is -2.18. The van der Waals surface area contributed by atoms with Crippen LogP contribution in [0.15, 0.2) is 18.2 Å². The van der Waals surface area contributed by atoms with Crippen LogP contribution < -0.4 is 15.2 Å². The molecule has 0 saturated heterocycles. The van der Waals surface area contributed by atoms with Crippen LogP contribution in [0.3, 0.4) is 0 Å². The Morgan fingerprint density at radius 2 is 1.86 bits per heavy atom. The van der Waals surface area contributed by atoms with Gasteiger partial charge in [0.1, 0.15) is 6.61 Å². The van der Waals surface area contributed by atoms with Crippen LogP contribution in [-0.4, -0.2) is 32.2 Å². The summed E-state index contributed by atoms with van der Waals surface area (Å²) < 4.78 is 49.9. The zero-order chi connectivity index (χ0) is 15.9. The van der Waals surface area contributed by atoms with Gasteiger partial charge in [0.05, 0.1) is 13.2 Å². The van der Waals surface area contributed by atoms with Crippen molar-refractivity contribution in [2.75, 3.05) is 19.8 Å². The number of nitrogens with two attached hydrogens (primary N) is 1. The van der Waals surface area contributed by atoms with E-state index >= 15 is 0 Å². The van der Waals surface area contributed by atoms with Crippen molar-refractivity contribution in [3.8, 4) is 11.5 Å². The fourth-order valence-corrected chi connectivity index (χ4v) is 1.75. The molecule has 120 valence electrons. The first kappa shape index (κ1) is 17.6. The van der Waals surface area contributed by atoms with Crippen molar-refractivity contribution >= 4 is 0 Å². The fourth-order valence-electron chi connectivity index (χ4n) is 1.75. The normalized spacial score (nSPS) is 13.0. The molecule has 0 radical (unpaired) electrons. The molecule has 7 heteroatoms. The van der Waals surface area contributed by atoms with Gasteiger partial charge in [-0.2, -0.15) is 0 Å². The van der Waals surface area contributed by atoms with Crippen LogP contribution in [0.1, 0.15) is 19.4 Å². The lowest BCUT2D eigenvalue weighted by molar-refractivity contribution is -0.325. The van der Waals surface area contributed by atoms with Crippen molar-refractivity contribution in [2.45, 2.75) is 32.7 Å². The van der Waals surface area contributed by atoms with Crippen molar-refractivity contribution in [1.29, 1.82) is 0 Å². The molecule has 0 aliphatic rings. The highest BCUT2D eigenvalue weighted by atomic mass is 19.4. The first-order valence-electron chi connectivity index (χ1n) is 6.66. The van der Waals surface area contributed by atoms with Crippen LogP contribution >= 0.6 is 0 Å². The van der Waals surface area contributed by atoms with Crippen molar-refractivity contribution in [3.63, 3.8) is 0 Å².